The zero-order chi connectivity index (χ0) is 18.9. The van der Waals surface area contributed by atoms with E-state index in [0.717, 1.165) is 31.5 Å². The maximum absolute atomic E-state index is 13.7. The lowest BCUT2D eigenvalue weighted by Crippen LogP contribution is -2.49. The lowest BCUT2D eigenvalue weighted by Gasteiger charge is -2.32. The number of hydrogen-bond donors (Lipinski definition) is 3. The van der Waals surface area contributed by atoms with E-state index in [-0.39, 0.29) is 18.3 Å². The highest BCUT2D eigenvalue weighted by molar-refractivity contribution is 5.80. The van der Waals surface area contributed by atoms with Gasteiger partial charge in [0.15, 0.2) is 5.96 Å². The number of guanidine groups is 1. The van der Waals surface area contributed by atoms with Crippen LogP contribution in [0.15, 0.2) is 23.2 Å². The SMILES string of the molecule is CN=C(NCc1ccc(F)c(COC)c1)NC1CCN(CC(N)=O)CC1. The van der Waals surface area contributed by atoms with Gasteiger partial charge in [-0.2, -0.15) is 0 Å². The Morgan fingerprint density at radius 3 is 2.77 bits per heavy atom. The molecule has 144 valence electrons. The number of halogens is 1. The number of amides is 1. The van der Waals surface area contributed by atoms with Crippen molar-refractivity contribution >= 4 is 11.9 Å². The van der Waals surface area contributed by atoms with Crippen LogP contribution >= 0.6 is 0 Å². The summed E-state index contributed by atoms with van der Waals surface area (Å²) in [6.07, 6.45) is 1.84. The molecule has 1 amide bonds. The first kappa shape index (κ1) is 20.1. The van der Waals surface area contributed by atoms with Crippen LogP contribution in [0.5, 0.6) is 0 Å². The third-order valence-electron chi connectivity index (χ3n) is 4.40. The molecule has 8 heteroatoms. The molecule has 1 aromatic rings. The van der Waals surface area contributed by atoms with Gasteiger partial charge in [-0.25, -0.2) is 4.39 Å². The monoisotopic (exact) mass is 365 g/mol. The van der Waals surface area contributed by atoms with Gasteiger partial charge >= 0.3 is 0 Å². The summed E-state index contributed by atoms with van der Waals surface area (Å²) in [4.78, 5) is 17.3. The van der Waals surface area contributed by atoms with Crippen LogP contribution in [0.4, 0.5) is 4.39 Å². The number of carbonyl (C=O) groups excluding carboxylic acids is 1. The average Bonchev–Trinajstić information content (AvgIpc) is 2.62. The molecular weight excluding hydrogens is 337 g/mol. The first-order valence-corrected chi connectivity index (χ1v) is 8.76. The van der Waals surface area contributed by atoms with Gasteiger partial charge in [0.25, 0.3) is 0 Å². The van der Waals surface area contributed by atoms with Crippen molar-refractivity contribution in [3.63, 3.8) is 0 Å². The molecule has 0 unspecified atom stereocenters. The molecule has 1 aliphatic rings. The molecule has 0 atom stereocenters. The zero-order valence-corrected chi connectivity index (χ0v) is 15.4. The highest BCUT2D eigenvalue weighted by Crippen LogP contribution is 2.12. The summed E-state index contributed by atoms with van der Waals surface area (Å²) in [5, 5.41) is 6.65. The van der Waals surface area contributed by atoms with E-state index >= 15 is 0 Å². The highest BCUT2D eigenvalue weighted by atomic mass is 19.1. The normalized spacial score (nSPS) is 16.5. The smallest absolute Gasteiger partial charge is 0.231 e. The van der Waals surface area contributed by atoms with Crippen LogP contribution in [0.1, 0.15) is 24.0 Å². The topological polar surface area (TPSA) is 92.0 Å². The van der Waals surface area contributed by atoms with Gasteiger partial charge in [0.1, 0.15) is 5.82 Å². The predicted molar refractivity (Wildman–Crippen MR) is 99.1 cm³/mol. The van der Waals surface area contributed by atoms with Crippen molar-refractivity contribution in [1.29, 1.82) is 0 Å². The molecule has 2 rings (SSSR count). The summed E-state index contributed by atoms with van der Waals surface area (Å²) in [6, 6.07) is 5.29. The first-order chi connectivity index (χ1) is 12.5. The third kappa shape index (κ3) is 6.27. The second-order valence-corrected chi connectivity index (χ2v) is 6.45. The molecular formula is C18H28FN5O2. The van der Waals surface area contributed by atoms with Crippen LogP contribution in [0.3, 0.4) is 0 Å². The molecule has 1 saturated heterocycles. The number of nitrogens with one attached hydrogen (secondary N) is 2. The Labute approximate surface area is 153 Å². The number of piperidine rings is 1. The third-order valence-corrected chi connectivity index (χ3v) is 4.40. The van der Waals surface area contributed by atoms with E-state index in [0.29, 0.717) is 30.7 Å². The standard InChI is InChI=1S/C18H28FN5O2/c1-21-18(23-15-5-7-24(8-6-15)11-17(20)25)22-10-13-3-4-16(19)14(9-13)12-26-2/h3-4,9,15H,5-8,10-12H2,1-2H3,(H2,20,25)(H2,21,22,23). The van der Waals surface area contributed by atoms with Crippen molar-refractivity contribution in [3.8, 4) is 0 Å². The summed E-state index contributed by atoms with van der Waals surface area (Å²) < 4.78 is 18.7. The molecule has 1 fully saturated rings. The van der Waals surface area contributed by atoms with Crippen LogP contribution in [0, 0.1) is 5.82 Å². The number of likely N-dealkylation sites (tertiary alicyclic amines) is 1. The fourth-order valence-corrected chi connectivity index (χ4v) is 3.03. The summed E-state index contributed by atoms with van der Waals surface area (Å²) in [7, 11) is 3.27. The van der Waals surface area contributed by atoms with E-state index in [1.165, 1.54) is 6.07 Å². The van der Waals surface area contributed by atoms with Crippen molar-refractivity contribution in [2.45, 2.75) is 32.0 Å². The Balaban J connectivity index is 1.81. The van der Waals surface area contributed by atoms with Gasteiger partial charge in [-0.05, 0) is 30.5 Å². The van der Waals surface area contributed by atoms with Gasteiger partial charge in [0.2, 0.25) is 5.91 Å². The minimum Gasteiger partial charge on any atom is -0.380 e. The molecule has 0 spiro atoms. The van der Waals surface area contributed by atoms with E-state index in [1.807, 2.05) is 0 Å². The van der Waals surface area contributed by atoms with Crippen LogP contribution in [0.2, 0.25) is 0 Å². The minimum absolute atomic E-state index is 0.247. The summed E-state index contributed by atoms with van der Waals surface area (Å²) in [6.45, 7) is 2.76. The van der Waals surface area contributed by atoms with Gasteiger partial charge in [-0.15, -0.1) is 0 Å². The molecule has 0 bridgehead atoms. The van der Waals surface area contributed by atoms with Gasteiger partial charge < -0.3 is 21.1 Å². The Morgan fingerprint density at radius 2 is 2.15 bits per heavy atom. The highest BCUT2D eigenvalue weighted by Gasteiger charge is 2.20. The van der Waals surface area contributed by atoms with Crippen molar-refractivity contribution in [3.05, 3.63) is 35.1 Å². The number of carbonyl (C=O) groups is 1. The molecule has 0 aliphatic carbocycles. The quantitative estimate of drug-likeness (QED) is 0.486. The number of aliphatic imine (C=N–C) groups is 1. The number of nitrogens with two attached hydrogens (primary N) is 1. The fourth-order valence-electron chi connectivity index (χ4n) is 3.03. The van der Waals surface area contributed by atoms with Crippen LogP contribution in [0.25, 0.3) is 0 Å². The second kappa shape index (κ2) is 10.1. The Hall–Kier alpha value is -2.19. The van der Waals surface area contributed by atoms with E-state index in [1.54, 1.807) is 26.3 Å². The Bertz CT molecular complexity index is 630. The molecule has 1 heterocycles. The maximum Gasteiger partial charge on any atom is 0.231 e. The number of methoxy groups -OCH3 is 1. The van der Waals surface area contributed by atoms with Crippen molar-refractivity contribution in [2.75, 3.05) is 33.8 Å². The van der Waals surface area contributed by atoms with E-state index in [2.05, 4.69) is 20.5 Å². The average molecular weight is 365 g/mol. The minimum atomic E-state index is -0.291. The van der Waals surface area contributed by atoms with Crippen LogP contribution < -0.4 is 16.4 Å². The van der Waals surface area contributed by atoms with Gasteiger partial charge in [-0.1, -0.05) is 6.07 Å². The fraction of sp³-hybridized carbons (Fsp3) is 0.556. The molecule has 1 aliphatic heterocycles. The van der Waals surface area contributed by atoms with Gasteiger partial charge in [-0.3, -0.25) is 14.7 Å². The van der Waals surface area contributed by atoms with E-state index < -0.39 is 0 Å². The lowest BCUT2D eigenvalue weighted by atomic mass is 10.1. The van der Waals surface area contributed by atoms with Crippen molar-refractivity contribution in [2.24, 2.45) is 10.7 Å². The Morgan fingerprint density at radius 1 is 1.42 bits per heavy atom. The van der Waals surface area contributed by atoms with Gasteiger partial charge in [0.05, 0.1) is 13.2 Å². The predicted octanol–water partition coefficient (Wildman–Crippen LogP) is 0.587. The molecule has 0 saturated carbocycles. The molecule has 0 aromatic heterocycles. The molecule has 4 N–H and O–H groups in total. The first-order valence-electron chi connectivity index (χ1n) is 8.76. The molecule has 7 nitrogen and oxygen atoms in total. The summed E-state index contributed by atoms with van der Waals surface area (Å²) in [5.41, 5.74) is 6.73. The molecule has 1 aromatic carbocycles. The number of primary amides is 1. The van der Waals surface area contributed by atoms with Crippen molar-refractivity contribution < 1.29 is 13.9 Å². The summed E-state index contributed by atoms with van der Waals surface area (Å²) >= 11 is 0. The molecule has 0 radical (unpaired) electrons. The number of nitrogens with zero attached hydrogens (tertiary/aromatic N) is 2. The maximum atomic E-state index is 13.7. The molecule has 26 heavy (non-hydrogen) atoms. The zero-order valence-electron chi connectivity index (χ0n) is 15.4. The van der Waals surface area contributed by atoms with Crippen molar-refractivity contribution in [1.82, 2.24) is 15.5 Å². The van der Waals surface area contributed by atoms with Crippen LogP contribution in [-0.2, 0) is 22.7 Å². The summed E-state index contributed by atoms with van der Waals surface area (Å²) in [5.74, 6) is 0.151. The van der Waals surface area contributed by atoms with E-state index in [4.69, 9.17) is 10.5 Å². The van der Waals surface area contributed by atoms with E-state index in [9.17, 15) is 9.18 Å². The Kier molecular flexibility index (Phi) is 7.80. The number of ether oxygens (including phenoxy) is 1. The van der Waals surface area contributed by atoms with Crippen LogP contribution in [-0.4, -0.2) is 56.6 Å². The number of rotatable bonds is 7. The number of hydrogen-bond acceptors (Lipinski definition) is 4. The second-order valence-electron chi connectivity index (χ2n) is 6.45. The lowest BCUT2D eigenvalue weighted by molar-refractivity contribution is -0.119. The largest absolute Gasteiger partial charge is 0.380 e. The number of benzene rings is 1. The van der Waals surface area contributed by atoms with Gasteiger partial charge in [0, 0.05) is 45.4 Å².